The van der Waals surface area contributed by atoms with Gasteiger partial charge in [0.05, 0.1) is 7.11 Å². The molecule has 0 aromatic heterocycles. The van der Waals surface area contributed by atoms with Gasteiger partial charge in [-0.05, 0) is 67.9 Å². The third-order valence-electron chi connectivity index (χ3n) is 4.43. The average Bonchev–Trinajstić information content (AvgIpc) is 3.15. The number of rotatable bonds is 6. The average molecular weight is 415 g/mol. The molecule has 0 saturated carbocycles. The second-order valence-corrected chi connectivity index (χ2v) is 7.30. The van der Waals surface area contributed by atoms with E-state index >= 15 is 0 Å². The van der Waals surface area contributed by atoms with E-state index in [1.807, 2.05) is 30.3 Å². The van der Waals surface area contributed by atoms with Gasteiger partial charge in [0.2, 0.25) is 5.91 Å². The molecule has 0 bridgehead atoms. The van der Waals surface area contributed by atoms with E-state index < -0.39 is 0 Å². The van der Waals surface area contributed by atoms with Crippen LogP contribution in [0.5, 0.6) is 5.75 Å². The van der Waals surface area contributed by atoms with Gasteiger partial charge in [-0.15, -0.1) is 0 Å². The monoisotopic (exact) mass is 414 g/mol. The molecular weight excluding hydrogens is 392 g/mol. The number of ether oxygens (including phenoxy) is 1. The van der Waals surface area contributed by atoms with Crippen molar-refractivity contribution in [3.05, 3.63) is 64.1 Å². The highest BCUT2D eigenvalue weighted by Gasteiger charge is 2.11. The van der Waals surface area contributed by atoms with Crippen LogP contribution in [0.25, 0.3) is 6.08 Å². The Balaban J connectivity index is 1.58. The molecule has 0 aliphatic carbocycles. The fourth-order valence-electron chi connectivity index (χ4n) is 3.08. The lowest BCUT2D eigenvalue weighted by Gasteiger charge is -2.14. The van der Waals surface area contributed by atoms with Gasteiger partial charge in [-0.3, -0.25) is 9.69 Å². The Morgan fingerprint density at radius 2 is 1.92 bits per heavy atom. The fourth-order valence-corrected chi connectivity index (χ4v) is 3.46. The molecule has 0 radical (unpaired) electrons. The van der Waals surface area contributed by atoms with Crippen molar-refractivity contribution in [2.45, 2.75) is 19.4 Å². The first kappa shape index (κ1) is 18.7. The number of nitrogens with one attached hydrogen (secondary N) is 1. The summed E-state index contributed by atoms with van der Waals surface area (Å²) in [6.07, 6.45) is 5.86. The van der Waals surface area contributed by atoms with Crippen molar-refractivity contribution >= 4 is 33.6 Å². The highest BCUT2D eigenvalue weighted by Crippen LogP contribution is 2.24. The molecule has 1 amide bonds. The normalized spacial score (nSPS) is 14.7. The fraction of sp³-hybridized carbons (Fsp3) is 0.286. The van der Waals surface area contributed by atoms with E-state index in [1.54, 1.807) is 13.2 Å². The third-order valence-corrected chi connectivity index (χ3v) is 4.93. The summed E-state index contributed by atoms with van der Waals surface area (Å²) in [7, 11) is 1.62. The summed E-state index contributed by atoms with van der Waals surface area (Å²) in [5, 5.41) is 2.89. The van der Waals surface area contributed by atoms with Crippen LogP contribution >= 0.6 is 15.9 Å². The van der Waals surface area contributed by atoms with Crippen molar-refractivity contribution < 1.29 is 9.53 Å². The minimum absolute atomic E-state index is 0.167. The molecule has 26 heavy (non-hydrogen) atoms. The van der Waals surface area contributed by atoms with Crippen LogP contribution in [-0.4, -0.2) is 31.0 Å². The third kappa shape index (κ3) is 5.19. The number of carbonyl (C=O) groups excluding carboxylic acids is 1. The van der Waals surface area contributed by atoms with E-state index in [1.165, 1.54) is 37.6 Å². The van der Waals surface area contributed by atoms with E-state index in [0.29, 0.717) is 0 Å². The van der Waals surface area contributed by atoms with Crippen LogP contribution in [0.2, 0.25) is 0 Å². The minimum atomic E-state index is -0.167. The van der Waals surface area contributed by atoms with Crippen LogP contribution in [0, 0.1) is 0 Å². The summed E-state index contributed by atoms with van der Waals surface area (Å²) in [6.45, 7) is 3.35. The van der Waals surface area contributed by atoms with Crippen molar-refractivity contribution in [1.82, 2.24) is 4.90 Å². The number of amides is 1. The number of anilines is 1. The first-order chi connectivity index (χ1) is 12.6. The summed E-state index contributed by atoms with van der Waals surface area (Å²) in [5.74, 6) is 0.558. The number of hydrogen-bond donors (Lipinski definition) is 1. The maximum absolute atomic E-state index is 12.2. The van der Waals surface area contributed by atoms with Gasteiger partial charge in [-0.1, -0.05) is 28.1 Å². The Labute approximate surface area is 163 Å². The Morgan fingerprint density at radius 3 is 2.62 bits per heavy atom. The maximum atomic E-state index is 12.2. The lowest BCUT2D eigenvalue weighted by Crippen LogP contribution is -2.18. The van der Waals surface area contributed by atoms with Crippen LogP contribution in [0.4, 0.5) is 5.69 Å². The molecule has 1 aliphatic heterocycles. The molecule has 0 unspecified atom stereocenters. The van der Waals surface area contributed by atoms with Gasteiger partial charge in [-0.25, -0.2) is 0 Å². The van der Waals surface area contributed by atoms with Crippen molar-refractivity contribution in [3.8, 4) is 5.75 Å². The van der Waals surface area contributed by atoms with Gasteiger partial charge in [0.1, 0.15) is 5.75 Å². The highest BCUT2D eigenvalue weighted by molar-refractivity contribution is 9.10. The molecule has 1 aliphatic rings. The minimum Gasteiger partial charge on any atom is -0.496 e. The van der Waals surface area contributed by atoms with Crippen LogP contribution in [0.15, 0.2) is 53.0 Å². The second kappa shape index (κ2) is 9.01. The Bertz CT molecular complexity index is 781. The lowest BCUT2D eigenvalue weighted by molar-refractivity contribution is -0.111. The predicted molar refractivity (Wildman–Crippen MR) is 109 cm³/mol. The summed E-state index contributed by atoms with van der Waals surface area (Å²) in [4.78, 5) is 14.6. The van der Waals surface area contributed by atoms with Crippen molar-refractivity contribution in [2.75, 3.05) is 25.5 Å². The van der Waals surface area contributed by atoms with Crippen LogP contribution in [0.1, 0.15) is 24.0 Å². The Kier molecular flexibility index (Phi) is 6.47. The van der Waals surface area contributed by atoms with Gasteiger partial charge >= 0.3 is 0 Å². The molecule has 1 fully saturated rings. The molecular formula is C21H23BrN2O2. The van der Waals surface area contributed by atoms with Crippen LogP contribution in [0.3, 0.4) is 0 Å². The molecule has 4 nitrogen and oxygen atoms in total. The molecule has 0 spiro atoms. The number of halogens is 1. The topological polar surface area (TPSA) is 41.6 Å². The smallest absolute Gasteiger partial charge is 0.248 e. The summed E-state index contributed by atoms with van der Waals surface area (Å²) < 4.78 is 6.25. The maximum Gasteiger partial charge on any atom is 0.248 e. The molecule has 136 valence electrons. The number of benzene rings is 2. The standard InChI is InChI=1S/C21H23BrN2O2/c1-26-20-10-7-18(22)14-17(20)6-11-21(25)23-19-8-4-16(5-9-19)15-24-12-2-3-13-24/h4-11,14H,2-3,12-13,15H2,1H3,(H,23,25)/b11-6+. The van der Waals surface area contributed by atoms with Crippen molar-refractivity contribution in [1.29, 1.82) is 0 Å². The van der Waals surface area contributed by atoms with Crippen molar-refractivity contribution in [3.63, 3.8) is 0 Å². The number of nitrogens with zero attached hydrogens (tertiary/aromatic N) is 1. The molecule has 3 rings (SSSR count). The molecule has 0 atom stereocenters. The quantitative estimate of drug-likeness (QED) is 0.696. The number of hydrogen-bond acceptors (Lipinski definition) is 3. The second-order valence-electron chi connectivity index (χ2n) is 6.39. The van der Waals surface area contributed by atoms with Gasteiger partial charge in [0.25, 0.3) is 0 Å². The van der Waals surface area contributed by atoms with Gasteiger partial charge in [0, 0.05) is 28.3 Å². The van der Waals surface area contributed by atoms with Crippen LogP contribution in [-0.2, 0) is 11.3 Å². The molecule has 1 saturated heterocycles. The number of likely N-dealkylation sites (tertiary alicyclic amines) is 1. The molecule has 2 aromatic carbocycles. The number of carbonyl (C=O) groups is 1. The zero-order valence-corrected chi connectivity index (χ0v) is 16.5. The van der Waals surface area contributed by atoms with E-state index in [-0.39, 0.29) is 5.91 Å². The zero-order valence-electron chi connectivity index (χ0n) is 14.9. The van der Waals surface area contributed by atoms with Gasteiger partial charge in [-0.2, -0.15) is 0 Å². The van der Waals surface area contributed by atoms with Gasteiger partial charge < -0.3 is 10.1 Å². The van der Waals surface area contributed by atoms with E-state index in [9.17, 15) is 4.79 Å². The first-order valence-corrected chi connectivity index (χ1v) is 9.57. The zero-order chi connectivity index (χ0) is 18.4. The predicted octanol–water partition coefficient (Wildman–Crippen LogP) is 4.71. The molecule has 5 heteroatoms. The Hall–Kier alpha value is -2.11. The van der Waals surface area contributed by atoms with Crippen molar-refractivity contribution in [2.24, 2.45) is 0 Å². The molecule has 1 N–H and O–H groups in total. The summed E-state index contributed by atoms with van der Waals surface area (Å²) >= 11 is 3.43. The van der Waals surface area contributed by atoms with E-state index in [4.69, 9.17) is 4.74 Å². The Morgan fingerprint density at radius 1 is 1.19 bits per heavy atom. The summed E-state index contributed by atoms with van der Waals surface area (Å²) in [5.41, 5.74) is 2.92. The van der Waals surface area contributed by atoms with E-state index in [0.717, 1.165) is 28.0 Å². The summed E-state index contributed by atoms with van der Waals surface area (Å²) in [6, 6.07) is 13.7. The molecule has 2 aromatic rings. The number of methoxy groups -OCH3 is 1. The SMILES string of the molecule is COc1ccc(Br)cc1/C=C/C(=O)Nc1ccc(CN2CCCC2)cc1. The highest BCUT2D eigenvalue weighted by atomic mass is 79.9. The van der Waals surface area contributed by atoms with Crippen LogP contribution < -0.4 is 10.1 Å². The van der Waals surface area contributed by atoms with Gasteiger partial charge in [0.15, 0.2) is 0 Å². The largest absolute Gasteiger partial charge is 0.496 e. The van der Waals surface area contributed by atoms with E-state index in [2.05, 4.69) is 38.3 Å². The first-order valence-electron chi connectivity index (χ1n) is 8.78. The lowest BCUT2D eigenvalue weighted by atomic mass is 10.2. The molecule has 1 heterocycles.